The first-order valence-corrected chi connectivity index (χ1v) is 8.31. The molecule has 0 saturated carbocycles. The van der Waals surface area contributed by atoms with Crippen LogP contribution in [0.4, 0.5) is 0 Å². The maximum Gasteiger partial charge on any atom is 0.225 e. The summed E-state index contributed by atoms with van der Waals surface area (Å²) in [5.41, 5.74) is 1.17. The van der Waals surface area contributed by atoms with Gasteiger partial charge in [0.1, 0.15) is 5.75 Å². The van der Waals surface area contributed by atoms with Crippen LogP contribution in [-0.4, -0.2) is 44.1 Å². The van der Waals surface area contributed by atoms with Crippen LogP contribution < -0.4 is 10.1 Å². The number of piperidine rings is 1. The first-order valence-electron chi connectivity index (χ1n) is 8.31. The van der Waals surface area contributed by atoms with Crippen molar-refractivity contribution in [2.24, 2.45) is 5.92 Å². The Morgan fingerprint density at radius 3 is 2.82 bits per heavy atom. The number of carbonyl (C=O) groups is 1. The summed E-state index contributed by atoms with van der Waals surface area (Å²) in [7, 11) is 1.99. The van der Waals surface area contributed by atoms with Gasteiger partial charge in [0.25, 0.3) is 0 Å². The van der Waals surface area contributed by atoms with Crippen molar-refractivity contribution < 1.29 is 9.53 Å². The van der Waals surface area contributed by atoms with E-state index in [-0.39, 0.29) is 5.91 Å². The van der Waals surface area contributed by atoms with Crippen molar-refractivity contribution in [3.63, 3.8) is 0 Å². The van der Waals surface area contributed by atoms with Crippen molar-refractivity contribution >= 4 is 5.91 Å². The molecule has 0 atom stereocenters. The number of nitrogens with one attached hydrogen (secondary N) is 1. The Morgan fingerprint density at radius 2 is 2.14 bits per heavy atom. The van der Waals surface area contributed by atoms with E-state index in [1.807, 2.05) is 43.1 Å². The molecule has 1 aliphatic heterocycles. The van der Waals surface area contributed by atoms with Gasteiger partial charge in [-0.1, -0.05) is 12.1 Å². The lowest BCUT2D eigenvalue weighted by atomic mass is 9.93. The van der Waals surface area contributed by atoms with Crippen LogP contribution in [0.5, 0.6) is 5.75 Å². The summed E-state index contributed by atoms with van der Waals surface area (Å²) in [6.07, 6.45) is 3.95. The fraction of sp³-hybridized carbons (Fsp3) is 0.611. The lowest BCUT2D eigenvalue weighted by Gasteiger charge is -2.32. The van der Waals surface area contributed by atoms with E-state index in [1.54, 1.807) is 0 Å². The highest BCUT2D eigenvalue weighted by Crippen LogP contribution is 2.20. The van der Waals surface area contributed by atoms with Gasteiger partial charge in [-0.15, -0.1) is 0 Å². The second kappa shape index (κ2) is 8.79. The quantitative estimate of drug-likeness (QED) is 0.842. The van der Waals surface area contributed by atoms with Crippen LogP contribution >= 0.6 is 0 Å². The first kappa shape index (κ1) is 16.8. The lowest BCUT2D eigenvalue weighted by molar-refractivity contribution is -0.133. The zero-order chi connectivity index (χ0) is 15.8. The van der Waals surface area contributed by atoms with Gasteiger partial charge in [0, 0.05) is 13.1 Å². The van der Waals surface area contributed by atoms with Crippen molar-refractivity contribution in [3.05, 3.63) is 29.8 Å². The summed E-state index contributed by atoms with van der Waals surface area (Å²) in [6, 6.07) is 7.95. The van der Waals surface area contributed by atoms with E-state index in [0.717, 1.165) is 44.1 Å². The van der Waals surface area contributed by atoms with Crippen LogP contribution in [0, 0.1) is 12.8 Å². The molecule has 1 saturated heterocycles. The Bertz CT molecular complexity index is 468. The average Bonchev–Trinajstić information content (AvgIpc) is 2.53. The minimum absolute atomic E-state index is 0.222. The van der Waals surface area contributed by atoms with Gasteiger partial charge in [-0.3, -0.25) is 4.79 Å². The maximum absolute atomic E-state index is 12.2. The first-order chi connectivity index (χ1) is 10.7. The molecular formula is C18H28N2O2. The number of benzene rings is 1. The minimum Gasteiger partial charge on any atom is -0.493 e. The number of rotatable bonds is 7. The van der Waals surface area contributed by atoms with Gasteiger partial charge in [0.2, 0.25) is 5.91 Å². The fourth-order valence-corrected chi connectivity index (χ4v) is 2.94. The standard InChI is InChI=1S/C18H28N2O2/c1-15-4-3-5-17(14-15)22-13-9-18(21)20-11-7-16(8-12-20)6-10-19-2/h3-5,14,16,19H,6-13H2,1-2H3. The summed E-state index contributed by atoms with van der Waals surface area (Å²) in [4.78, 5) is 14.2. The van der Waals surface area contributed by atoms with Crippen LogP contribution in [0.15, 0.2) is 24.3 Å². The lowest BCUT2D eigenvalue weighted by Crippen LogP contribution is -2.39. The molecule has 1 aromatic rings. The predicted octanol–water partition coefficient (Wildman–Crippen LogP) is 2.61. The van der Waals surface area contributed by atoms with Gasteiger partial charge >= 0.3 is 0 Å². The summed E-state index contributed by atoms with van der Waals surface area (Å²) in [5.74, 6) is 1.83. The Hall–Kier alpha value is -1.55. The normalized spacial score (nSPS) is 15.8. The second-order valence-corrected chi connectivity index (χ2v) is 6.13. The molecule has 1 amide bonds. The Labute approximate surface area is 133 Å². The van der Waals surface area contributed by atoms with Crippen molar-refractivity contribution in [3.8, 4) is 5.75 Å². The molecule has 122 valence electrons. The Kier molecular flexibility index (Phi) is 6.72. The molecule has 2 rings (SSSR count). The number of amides is 1. The van der Waals surface area contributed by atoms with Crippen molar-refractivity contribution in [2.75, 3.05) is 33.3 Å². The van der Waals surface area contributed by atoms with E-state index in [4.69, 9.17) is 4.74 Å². The summed E-state index contributed by atoms with van der Waals surface area (Å²) >= 11 is 0. The van der Waals surface area contributed by atoms with E-state index in [1.165, 1.54) is 12.0 Å². The molecule has 22 heavy (non-hydrogen) atoms. The third-order valence-electron chi connectivity index (χ3n) is 4.34. The zero-order valence-electron chi connectivity index (χ0n) is 13.8. The third-order valence-corrected chi connectivity index (χ3v) is 4.34. The summed E-state index contributed by atoms with van der Waals surface area (Å²) in [6.45, 7) is 5.37. The molecule has 0 aliphatic carbocycles. The van der Waals surface area contributed by atoms with Crippen LogP contribution in [0.1, 0.15) is 31.2 Å². The molecule has 0 bridgehead atoms. The zero-order valence-corrected chi connectivity index (χ0v) is 13.8. The monoisotopic (exact) mass is 304 g/mol. The molecule has 4 nitrogen and oxygen atoms in total. The average molecular weight is 304 g/mol. The molecule has 0 radical (unpaired) electrons. The number of nitrogens with zero attached hydrogens (tertiary/aromatic N) is 1. The number of aryl methyl sites for hydroxylation is 1. The van der Waals surface area contributed by atoms with Gasteiger partial charge < -0.3 is 15.0 Å². The molecule has 1 heterocycles. The largest absolute Gasteiger partial charge is 0.493 e. The minimum atomic E-state index is 0.222. The second-order valence-electron chi connectivity index (χ2n) is 6.13. The highest BCUT2D eigenvalue weighted by molar-refractivity contribution is 5.76. The highest BCUT2D eigenvalue weighted by atomic mass is 16.5. The van der Waals surface area contributed by atoms with Crippen LogP contribution in [0.2, 0.25) is 0 Å². The van der Waals surface area contributed by atoms with E-state index in [0.29, 0.717) is 13.0 Å². The van der Waals surface area contributed by atoms with Gasteiger partial charge in [0.15, 0.2) is 0 Å². The van der Waals surface area contributed by atoms with Crippen LogP contribution in [0.3, 0.4) is 0 Å². The van der Waals surface area contributed by atoms with Crippen molar-refractivity contribution in [1.29, 1.82) is 0 Å². The van der Waals surface area contributed by atoms with E-state index in [9.17, 15) is 4.79 Å². The highest BCUT2D eigenvalue weighted by Gasteiger charge is 2.22. The number of carbonyl (C=O) groups excluding carboxylic acids is 1. The molecule has 4 heteroatoms. The van der Waals surface area contributed by atoms with Gasteiger partial charge in [-0.05, 0) is 63.4 Å². The van der Waals surface area contributed by atoms with Gasteiger partial charge in [-0.25, -0.2) is 0 Å². The third kappa shape index (κ3) is 5.34. The predicted molar refractivity (Wildman–Crippen MR) is 89.1 cm³/mol. The molecule has 0 unspecified atom stereocenters. The number of hydrogen-bond donors (Lipinski definition) is 1. The van der Waals surface area contributed by atoms with E-state index < -0.39 is 0 Å². The summed E-state index contributed by atoms with van der Waals surface area (Å²) in [5, 5.41) is 3.20. The van der Waals surface area contributed by atoms with E-state index >= 15 is 0 Å². The summed E-state index contributed by atoms with van der Waals surface area (Å²) < 4.78 is 5.67. The maximum atomic E-state index is 12.2. The molecular weight excluding hydrogens is 276 g/mol. The molecule has 1 N–H and O–H groups in total. The Balaban J connectivity index is 1.66. The van der Waals surface area contributed by atoms with Crippen molar-refractivity contribution in [1.82, 2.24) is 10.2 Å². The molecule has 1 aromatic carbocycles. The molecule has 0 spiro atoms. The van der Waals surface area contributed by atoms with Crippen LogP contribution in [-0.2, 0) is 4.79 Å². The molecule has 0 aromatic heterocycles. The van der Waals surface area contributed by atoms with Gasteiger partial charge in [-0.2, -0.15) is 0 Å². The smallest absolute Gasteiger partial charge is 0.225 e. The molecule has 1 fully saturated rings. The SMILES string of the molecule is CNCCC1CCN(C(=O)CCOc2cccc(C)c2)CC1. The Morgan fingerprint density at radius 1 is 1.36 bits per heavy atom. The number of ether oxygens (including phenoxy) is 1. The number of likely N-dealkylation sites (tertiary alicyclic amines) is 1. The van der Waals surface area contributed by atoms with Crippen molar-refractivity contribution in [2.45, 2.75) is 32.6 Å². The van der Waals surface area contributed by atoms with Gasteiger partial charge in [0.05, 0.1) is 13.0 Å². The number of hydrogen-bond acceptors (Lipinski definition) is 3. The molecule has 1 aliphatic rings. The topological polar surface area (TPSA) is 41.6 Å². The van der Waals surface area contributed by atoms with E-state index in [2.05, 4.69) is 5.32 Å². The van der Waals surface area contributed by atoms with Crippen LogP contribution in [0.25, 0.3) is 0 Å². The fourth-order valence-electron chi connectivity index (χ4n) is 2.94.